The summed E-state index contributed by atoms with van der Waals surface area (Å²) in [6.07, 6.45) is 2.27. The van der Waals surface area contributed by atoms with Crippen molar-refractivity contribution in [2.24, 2.45) is 0 Å². The van der Waals surface area contributed by atoms with Crippen molar-refractivity contribution in [3.05, 3.63) is 29.8 Å². The Labute approximate surface area is 187 Å². The van der Waals surface area contributed by atoms with Crippen molar-refractivity contribution in [2.45, 2.75) is 19.8 Å². The summed E-state index contributed by atoms with van der Waals surface area (Å²) in [4.78, 5) is 14.1. The Bertz CT molecular complexity index is 554. The van der Waals surface area contributed by atoms with Gasteiger partial charge in [-0.2, -0.15) is 0 Å². The molecule has 0 aromatic heterocycles. The number of anilines is 1. The Balaban J connectivity index is 1.90. The molecule has 0 amide bonds. The van der Waals surface area contributed by atoms with E-state index < -0.39 is 0 Å². The second kappa shape index (κ2) is 19.0. The summed E-state index contributed by atoms with van der Waals surface area (Å²) in [5.41, 5.74) is 1.54. The van der Waals surface area contributed by atoms with Gasteiger partial charge in [-0.05, 0) is 44.8 Å². The molecular formula is C23H40N2O6. The average molecular weight is 441 g/mol. The van der Waals surface area contributed by atoms with Gasteiger partial charge in [-0.25, -0.2) is 4.79 Å². The topological polar surface area (TPSA) is 78.5 Å². The summed E-state index contributed by atoms with van der Waals surface area (Å²) < 4.78 is 26.9. The minimum absolute atomic E-state index is 0.215. The number of hydrogen-bond acceptors (Lipinski definition) is 8. The summed E-state index contributed by atoms with van der Waals surface area (Å²) in [7, 11) is 4.03. The third-order valence-corrected chi connectivity index (χ3v) is 4.24. The van der Waals surface area contributed by atoms with Crippen LogP contribution in [0.4, 0.5) is 5.69 Å². The molecule has 1 aromatic carbocycles. The zero-order chi connectivity index (χ0) is 22.6. The van der Waals surface area contributed by atoms with Gasteiger partial charge >= 0.3 is 5.97 Å². The van der Waals surface area contributed by atoms with E-state index in [1.807, 2.05) is 26.2 Å². The number of likely N-dealkylation sites (N-methyl/N-ethyl adjacent to an activating group) is 1. The van der Waals surface area contributed by atoms with Crippen molar-refractivity contribution >= 4 is 11.7 Å². The fourth-order valence-corrected chi connectivity index (χ4v) is 2.42. The maximum absolute atomic E-state index is 12.0. The van der Waals surface area contributed by atoms with Crippen LogP contribution >= 0.6 is 0 Å². The molecule has 1 N–H and O–H groups in total. The van der Waals surface area contributed by atoms with Gasteiger partial charge in [-0.3, -0.25) is 0 Å². The highest BCUT2D eigenvalue weighted by molar-refractivity contribution is 5.89. The molecule has 0 aliphatic carbocycles. The molecule has 8 nitrogen and oxygen atoms in total. The van der Waals surface area contributed by atoms with Gasteiger partial charge < -0.3 is 33.9 Å². The lowest BCUT2D eigenvalue weighted by molar-refractivity contribution is -0.00962. The number of esters is 1. The Kier molecular flexibility index (Phi) is 16.8. The van der Waals surface area contributed by atoms with Crippen LogP contribution in [0.15, 0.2) is 24.3 Å². The number of benzene rings is 1. The van der Waals surface area contributed by atoms with E-state index in [-0.39, 0.29) is 12.6 Å². The van der Waals surface area contributed by atoms with E-state index >= 15 is 0 Å². The van der Waals surface area contributed by atoms with Gasteiger partial charge in [0.1, 0.15) is 6.61 Å². The molecule has 0 saturated carbocycles. The molecule has 178 valence electrons. The van der Waals surface area contributed by atoms with E-state index in [0.29, 0.717) is 58.4 Å². The van der Waals surface area contributed by atoms with Crippen molar-refractivity contribution in [3.8, 4) is 0 Å². The molecule has 0 bridgehead atoms. The van der Waals surface area contributed by atoms with Crippen molar-refractivity contribution in [1.29, 1.82) is 0 Å². The van der Waals surface area contributed by atoms with Crippen LogP contribution in [0.2, 0.25) is 0 Å². The normalized spacial score (nSPS) is 11.1. The molecular weight excluding hydrogens is 400 g/mol. The van der Waals surface area contributed by atoms with Gasteiger partial charge in [0.25, 0.3) is 0 Å². The number of nitrogens with zero attached hydrogens (tertiary/aromatic N) is 1. The maximum Gasteiger partial charge on any atom is 0.338 e. The fourth-order valence-electron chi connectivity index (χ4n) is 2.42. The fraction of sp³-hybridized carbons (Fsp3) is 0.696. The van der Waals surface area contributed by atoms with Gasteiger partial charge in [-0.1, -0.05) is 13.3 Å². The Hall–Kier alpha value is -1.71. The Morgan fingerprint density at radius 2 is 1.32 bits per heavy atom. The first-order valence-electron chi connectivity index (χ1n) is 11.1. The SMILES string of the molecule is CCCCNc1ccc(C(=O)OCCOCCOCCOCCOCCN(C)C)cc1. The number of carbonyl (C=O) groups is 1. The van der Waals surface area contributed by atoms with Gasteiger partial charge in [0.15, 0.2) is 0 Å². The number of rotatable bonds is 20. The maximum atomic E-state index is 12.0. The smallest absolute Gasteiger partial charge is 0.338 e. The van der Waals surface area contributed by atoms with Crippen LogP contribution in [-0.4, -0.2) is 97.5 Å². The van der Waals surface area contributed by atoms with Crippen LogP contribution in [0.5, 0.6) is 0 Å². The van der Waals surface area contributed by atoms with Crippen molar-refractivity contribution in [3.63, 3.8) is 0 Å². The quantitative estimate of drug-likeness (QED) is 0.245. The first-order valence-corrected chi connectivity index (χ1v) is 11.1. The first-order chi connectivity index (χ1) is 15.1. The summed E-state index contributed by atoms with van der Waals surface area (Å²) in [5, 5.41) is 3.31. The van der Waals surface area contributed by atoms with E-state index in [9.17, 15) is 4.79 Å². The third kappa shape index (κ3) is 15.7. The molecule has 0 radical (unpaired) electrons. The van der Waals surface area contributed by atoms with E-state index in [4.69, 9.17) is 23.7 Å². The van der Waals surface area contributed by atoms with Crippen LogP contribution in [-0.2, 0) is 23.7 Å². The second-order valence-electron chi connectivity index (χ2n) is 7.25. The van der Waals surface area contributed by atoms with Crippen LogP contribution in [0, 0.1) is 0 Å². The molecule has 0 atom stereocenters. The largest absolute Gasteiger partial charge is 0.460 e. The number of unbranched alkanes of at least 4 members (excludes halogenated alkanes) is 1. The van der Waals surface area contributed by atoms with Gasteiger partial charge in [0.2, 0.25) is 0 Å². The molecule has 0 aliphatic heterocycles. The predicted molar refractivity (Wildman–Crippen MR) is 122 cm³/mol. The number of ether oxygens (including phenoxy) is 5. The van der Waals surface area contributed by atoms with E-state index in [1.54, 1.807) is 12.1 Å². The van der Waals surface area contributed by atoms with E-state index in [0.717, 1.165) is 31.6 Å². The average Bonchev–Trinajstić information content (AvgIpc) is 2.76. The van der Waals surface area contributed by atoms with Gasteiger partial charge in [0, 0.05) is 18.8 Å². The molecule has 31 heavy (non-hydrogen) atoms. The van der Waals surface area contributed by atoms with Crippen LogP contribution < -0.4 is 5.32 Å². The third-order valence-electron chi connectivity index (χ3n) is 4.24. The first kappa shape index (κ1) is 27.3. The number of carbonyl (C=O) groups excluding carboxylic acids is 1. The summed E-state index contributed by atoms with van der Waals surface area (Å²) >= 11 is 0. The Morgan fingerprint density at radius 1 is 0.806 bits per heavy atom. The molecule has 0 saturated heterocycles. The molecule has 0 unspecified atom stereocenters. The highest BCUT2D eigenvalue weighted by Crippen LogP contribution is 2.10. The molecule has 1 aromatic rings. The van der Waals surface area contributed by atoms with Crippen molar-refractivity contribution in [1.82, 2.24) is 4.90 Å². The summed E-state index contributed by atoms with van der Waals surface area (Å²) in [6, 6.07) is 7.32. The molecule has 0 spiro atoms. The van der Waals surface area contributed by atoms with Crippen molar-refractivity contribution < 1.29 is 28.5 Å². The van der Waals surface area contributed by atoms with Crippen LogP contribution in [0.1, 0.15) is 30.1 Å². The van der Waals surface area contributed by atoms with Crippen LogP contribution in [0.25, 0.3) is 0 Å². The zero-order valence-corrected chi connectivity index (χ0v) is 19.4. The lowest BCUT2D eigenvalue weighted by Gasteiger charge is -2.10. The number of nitrogens with one attached hydrogen (secondary N) is 1. The molecule has 0 fully saturated rings. The summed E-state index contributed by atoms with van der Waals surface area (Å²) in [6.45, 7) is 8.38. The standard InChI is InChI=1S/C23H40N2O6/c1-4-5-10-24-22-8-6-21(7-9-22)23(26)31-20-19-30-18-17-29-16-15-28-14-13-27-12-11-25(2)3/h6-9,24H,4-5,10-20H2,1-3H3. The van der Waals surface area contributed by atoms with E-state index in [2.05, 4.69) is 17.1 Å². The highest BCUT2D eigenvalue weighted by Gasteiger charge is 2.06. The van der Waals surface area contributed by atoms with Gasteiger partial charge in [-0.15, -0.1) is 0 Å². The van der Waals surface area contributed by atoms with Crippen LogP contribution in [0.3, 0.4) is 0 Å². The molecule has 0 aliphatic rings. The Morgan fingerprint density at radius 3 is 1.84 bits per heavy atom. The highest BCUT2D eigenvalue weighted by atomic mass is 16.6. The molecule has 0 heterocycles. The monoisotopic (exact) mass is 440 g/mol. The minimum Gasteiger partial charge on any atom is -0.460 e. The predicted octanol–water partition coefficient (Wildman–Crippen LogP) is 2.68. The molecule has 1 rings (SSSR count). The summed E-state index contributed by atoms with van der Waals surface area (Å²) in [5.74, 6) is -0.345. The lowest BCUT2D eigenvalue weighted by atomic mass is 10.2. The minimum atomic E-state index is -0.345. The number of hydrogen-bond donors (Lipinski definition) is 1. The molecule has 8 heteroatoms. The second-order valence-corrected chi connectivity index (χ2v) is 7.25. The van der Waals surface area contributed by atoms with Crippen molar-refractivity contribution in [2.75, 3.05) is 92.0 Å². The zero-order valence-electron chi connectivity index (χ0n) is 19.4. The lowest BCUT2D eigenvalue weighted by Crippen LogP contribution is -2.19. The van der Waals surface area contributed by atoms with E-state index in [1.165, 1.54) is 0 Å². The van der Waals surface area contributed by atoms with Gasteiger partial charge in [0.05, 0.1) is 58.4 Å².